The van der Waals surface area contributed by atoms with Gasteiger partial charge in [0.15, 0.2) is 5.16 Å². The highest BCUT2D eigenvalue weighted by atomic mass is 35.5. The minimum Gasteiger partial charge on any atom is -0.469 e. The number of rotatable bonds is 11. The average Bonchev–Trinajstić information content (AvgIpc) is 3.16. The van der Waals surface area contributed by atoms with E-state index < -0.39 is 0 Å². The number of nitrogens with zero attached hydrogens (tertiary/aromatic N) is 3. The first-order valence-electron chi connectivity index (χ1n) is 9.14. The molecule has 7 nitrogen and oxygen atoms in total. The van der Waals surface area contributed by atoms with Crippen molar-refractivity contribution in [1.82, 2.24) is 20.1 Å². The maximum absolute atomic E-state index is 12.0. The number of amides is 1. The van der Waals surface area contributed by atoms with E-state index in [2.05, 4.69) is 20.3 Å². The Labute approximate surface area is 174 Å². The van der Waals surface area contributed by atoms with Crippen LogP contribution in [0.3, 0.4) is 0 Å². The topological polar surface area (TPSA) is 86.1 Å². The van der Waals surface area contributed by atoms with Gasteiger partial charge < -0.3 is 10.1 Å². The van der Waals surface area contributed by atoms with Gasteiger partial charge in [0.05, 0.1) is 18.6 Å². The van der Waals surface area contributed by atoms with Crippen molar-refractivity contribution in [3.63, 3.8) is 0 Å². The van der Waals surface area contributed by atoms with Crippen LogP contribution in [0, 0.1) is 6.92 Å². The van der Waals surface area contributed by atoms with Gasteiger partial charge in [0, 0.05) is 18.0 Å². The highest BCUT2D eigenvalue weighted by Gasteiger charge is 2.11. The minimum atomic E-state index is -0.175. The number of thioether (sulfide) groups is 1. The fourth-order valence-corrected chi connectivity index (χ4v) is 3.42. The second-order valence-electron chi connectivity index (χ2n) is 6.30. The van der Waals surface area contributed by atoms with Crippen molar-refractivity contribution in [3.8, 4) is 5.69 Å². The van der Waals surface area contributed by atoms with E-state index in [9.17, 15) is 9.59 Å². The van der Waals surface area contributed by atoms with Crippen molar-refractivity contribution in [2.75, 3.05) is 19.4 Å². The Bertz CT molecular complexity index is 797. The van der Waals surface area contributed by atoms with Crippen LogP contribution < -0.4 is 5.32 Å². The standard InChI is InChI=1S/C19H25ClN4O3S/c1-14-8-9-15(11-16(14)20)24-13-22-23-19(24)28-12-17(25)21-10-6-4-3-5-7-18(26)27-2/h8-9,11,13H,3-7,10,12H2,1-2H3,(H,21,25). The van der Waals surface area contributed by atoms with Crippen molar-refractivity contribution in [2.45, 2.75) is 44.2 Å². The number of carbonyl (C=O) groups excluding carboxylic acids is 2. The Balaban J connectivity index is 1.69. The predicted octanol–water partition coefficient (Wildman–Crippen LogP) is 3.56. The molecule has 0 aliphatic carbocycles. The number of halogens is 1. The Morgan fingerprint density at radius 2 is 2.04 bits per heavy atom. The lowest BCUT2D eigenvalue weighted by molar-refractivity contribution is -0.140. The molecule has 0 saturated carbocycles. The molecule has 2 aromatic rings. The SMILES string of the molecule is COC(=O)CCCCCCNC(=O)CSc1nncn1-c1ccc(C)c(Cl)c1. The van der Waals surface area contributed by atoms with Crippen molar-refractivity contribution in [1.29, 1.82) is 0 Å². The molecule has 152 valence electrons. The summed E-state index contributed by atoms with van der Waals surface area (Å²) in [5.74, 6) is 0.0443. The number of ether oxygens (including phenoxy) is 1. The molecule has 2 rings (SSSR count). The summed E-state index contributed by atoms with van der Waals surface area (Å²) in [5, 5.41) is 12.2. The first-order chi connectivity index (χ1) is 13.5. The van der Waals surface area contributed by atoms with Crippen LogP contribution in [0.5, 0.6) is 0 Å². The number of benzene rings is 1. The molecular weight excluding hydrogens is 400 g/mol. The van der Waals surface area contributed by atoms with Gasteiger partial charge in [0.2, 0.25) is 5.91 Å². The molecule has 1 amide bonds. The monoisotopic (exact) mass is 424 g/mol. The molecule has 1 aromatic heterocycles. The summed E-state index contributed by atoms with van der Waals surface area (Å²) in [6.45, 7) is 2.56. The summed E-state index contributed by atoms with van der Waals surface area (Å²) < 4.78 is 6.41. The second kappa shape index (κ2) is 11.7. The smallest absolute Gasteiger partial charge is 0.305 e. The second-order valence-corrected chi connectivity index (χ2v) is 7.65. The van der Waals surface area contributed by atoms with Gasteiger partial charge in [-0.1, -0.05) is 42.3 Å². The zero-order chi connectivity index (χ0) is 20.4. The maximum atomic E-state index is 12.0. The lowest BCUT2D eigenvalue weighted by Crippen LogP contribution is -2.26. The maximum Gasteiger partial charge on any atom is 0.305 e. The van der Waals surface area contributed by atoms with Gasteiger partial charge >= 0.3 is 5.97 Å². The van der Waals surface area contributed by atoms with Crippen LogP contribution in [-0.2, 0) is 14.3 Å². The zero-order valence-corrected chi connectivity index (χ0v) is 17.7. The van der Waals surface area contributed by atoms with Gasteiger partial charge in [-0.05, 0) is 37.5 Å². The van der Waals surface area contributed by atoms with Gasteiger partial charge in [0.1, 0.15) is 6.33 Å². The Kier molecular flexibility index (Phi) is 9.30. The van der Waals surface area contributed by atoms with Crippen LogP contribution >= 0.6 is 23.4 Å². The fraction of sp³-hybridized carbons (Fsp3) is 0.474. The summed E-state index contributed by atoms with van der Waals surface area (Å²) in [4.78, 5) is 23.0. The number of esters is 1. The molecule has 1 N–H and O–H groups in total. The number of hydrogen-bond donors (Lipinski definition) is 1. The van der Waals surface area contributed by atoms with Crippen LogP contribution in [0.4, 0.5) is 0 Å². The van der Waals surface area contributed by atoms with Gasteiger partial charge in [-0.3, -0.25) is 14.2 Å². The Morgan fingerprint density at radius 1 is 1.25 bits per heavy atom. The third-order valence-electron chi connectivity index (χ3n) is 4.14. The zero-order valence-electron chi connectivity index (χ0n) is 16.1. The summed E-state index contributed by atoms with van der Waals surface area (Å²) in [5.41, 5.74) is 1.85. The molecular formula is C19H25ClN4O3S. The van der Waals surface area contributed by atoms with E-state index in [4.69, 9.17) is 11.6 Å². The van der Waals surface area contributed by atoms with Crippen molar-refractivity contribution < 1.29 is 14.3 Å². The fourth-order valence-electron chi connectivity index (χ4n) is 2.49. The van der Waals surface area contributed by atoms with Crippen LogP contribution in [-0.4, -0.2) is 46.0 Å². The van der Waals surface area contributed by atoms with Crippen LogP contribution in [0.1, 0.15) is 37.7 Å². The summed E-state index contributed by atoms with van der Waals surface area (Å²) in [7, 11) is 1.40. The Morgan fingerprint density at radius 3 is 2.79 bits per heavy atom. The number of aromatic nitrogens is 3. The molecule has 0 aliphatic heterocycles. The number of methoxy groups -OCH3 is 1. The van der Waals surface area contributed by atoms with E-state index in [-0.39, 0.29) is 17.6 Å². The number of nitrogens with one attached hydrogen (secondary N) is 1. The quantitative estimate of drug-likeness (QED) is 0.337. The third kappa shape index (κ3) is 7.16. The molecule has 0 saturated heterocycles. The largest absolute Gasteiger partial charge is 0.469 e. The first kappa shape index (κ1) is 22.2. The van der Waals surface area contributed by atoms with Gasteiger partial charge in [-0.15, -0.1) is 10.2 Å². The first-order valence-corrected chi connectivity index (χ1v) is 10.5. The number of hydrogen-bond acceptors (Lipinski definition) is 6. The van der Waals surface area contributed by atoms with Crippen molar-refractivity contribution in [3.05, 3.63) is 35.1 Å². The molecule has 1 heterocycles. The molecule has 28 heavy (non-hydrogen) atoms. The lowest BCUT2D eigenvalue weighted by atomic mass is 10.1. The van der Waals surface area contributed by atoms with E-state index in [1.54, 1.807) is 6.33 Å². The summed E-state index contributed by atoms with van der Waals surface area (Å²) >= 11 is 7.52. The van der Waals surface area contributed by atoms with E-state index in [0.29, 0.717) is 23.1 Å². The Hall–Kier alpha value is -2.06. The van der Waals surface area contributed by atoms with Gasteiger partial charge in [0.25, 0.3) is 0 Å². The van der Waals surface area contributed by atoms with E-state index in [0.717, 1.165) is 36.9 Å². The predicted molar refractivity (Wildman–Crippen MR) is 110 cm³/mol. The van der Waals surface area contributed by atoms with E-state index in [1.807, 2.05) is 29.7 Å². The highest BCUT2D eigenvalue weighted by Crippen LogP contribution is 2.23. The highest BCUT2D eigenvalue weighted by molar-refractivity contribution is 7.99. The molecule has 0 radical (unpaired) electrons. The molecule has 0 unspecified atom stereocenters. The molecule has 1 aromatic carbocycles. The third-order valence-corrected chi connectivity index (χ3v) is 5.49. The van der Waals surface area contributed by atoms with Crippen molar-refractivity contribution >= 4 is 35.2 Å². The number of unbranched alkanes of at least 4 members (excludes halogenated alkanes) is 3. The molecule has 0 aliphatic rings. The van der Waals surface area contributed by atoms with Crippen LogP contribution in [0.15, 0.2) is 29.7 Å². The normalized spacial score (nSPS) is 10.7. The summed E-state index contributed by atoms with van der Waals surface area (Å²) in [6.07, 6.45) is 5.67. The van der Waals surface area contributed by atoms with Gasteiger partial charge in [-0.2, -0.15) is 0 Å². The number of aryl methyl sites for hydroxylation is 1. The van der Waals surface area contributed by atoms with E-state index in [1.165, 1.54) is 18.9 Å². The van der Waals surface area contributed by atoms with Gasteiger partial charge in [-0.25, -0.2) is 0 Å². The average molecular weight is 425 g/mol. The van der Waals surface area contributed by atoms with Crippen molar-refractivity contribution in [2.24, 2.45) is 0 Å². The minimum absolute atomic E-state index is 0.0453. The number of carbonyl (C=O) groups is 2. The molecule has 0 spiro atoms. The van der Waals surface area contributed by atoms with Crippen LogP contribution in [0.2, 0.25) is 5.02 Å². The molecule has 0 fully saturated rings. The molecule has 0 atom stereocenters. The van der Waals surface area contributed by atoms with E-state index >= 15 is 0 Å². The lowest BCUT2D eigenvalue weighted by Gasteiger charge is -2.08. The molecule has 0 bridgehead atoms. The van der Waals surface area contributed by atoms with Crippen LogP contribution in [0.25, 0.3) is 5.69 Å². The summed E-state index contributed by atoms with van der Waals surface area (Å²) in [6, 6.07) is 5.73. The molecule has 9 heteroatoms.